The van der Waals surface area contributed by atoms with E-state index >= 15 is 4.39 Å². The first-order valence-electron chi connectivity index (χ1n) is 12.4. The second kappa shape index (κ2) is 9.43. The summed E-state index contributed by atoms with van der Waals surface area (Å²) >= 11 is 0. The predicted molar refractivity (Wildman–Crippen MR) is 134 cm³/mol. The summed E-state index contributed by atoms with van der Waals surface area (Å²) in [5.74, 6) is -0.139. The van der Waals surface area contributed by atoms with E-state index in [2.05, 4.69) is 5.32 Å². The summed E-state index contributed by atoms with van der Waals surface area (Å²) in [7, 11) is -4.00. The number of hydrogen-bond donors (Lipinski definition) is 1. The molecule has 200 valence electrons. The number of halogens is 1. The van der Waals surface area contributed by atoms with Gasteiger partial charge in [0, 0.05) is 17.3 Å². The van der Waals surface area contributed by atoms with Gasteiger partial charge in [0.05, 0.1) is 31.5 Å². The molecule has 4 atom stereocenters. The molecule has 3 heterocycles. The van der Waals surface area contributed by atoms with Crippen LogP contribution >= 0.6 is 7.82 Å². The van der Waals surface area contributed by atoms with Crippen molar-refractivity contribution < 1.29 is 32.1 Å². The number of carbonyl (C=O) groups is 1. The number of ether oxygens (including phenoxy) is 1. The number of amides is 1. The summed E-state index contributed by atoms with van der Waals surface area (Å²) in [5.41, 5.74) is 1.40. The fraction of sp³-hybridized carbons (Fsp3) is 0.654. The quantitative estimate of drug-likeness (QED) is 0.521. The second-order valence-corrected chi connectivity index (χ2v) is 13.6. The van der Waals surface area contributed by atoms with Crippen LogP contribution in [-0.4, -0.2) is 36.4 Å². The molecule has 36 heavy (non-hydrogen) atoms. The highest BCUT2D eigenvalue weighted by molar-refractivity contribution is 7.49. The van der Waals surface area contributed by atoms with Gasteiger partial charge in [-0.1, -0.05) is 48.5 Å². The minimum Gasteiger partial charge on any atom is -0.403 e. The van der Waals surface area contributed by atoms with Crippen LogP contribution in [0, 0.1) is 11.7 Å². The molecular formula is C26H38FN2O6P. The average molecular weight is 525 g/mol. The summed E-state index contributed by atoms with van der Waals surface area (Å²) in [6.45, 7) is 15.8. The molecule has 4 rings (SSSR count). The zero-order valence-corrected chi connectivity index (χ0v) is 23.3. The Kier molecular flexibility index (Phi) is 7.10. The van der Waals surface area contributed by atoms with E-state index in [-0.39, 0.29) is 54.1 Å². The van der Waals surface area contributed by atoms with Crippen molar-refractivity contribution in [1.82, 2.24) is 10.2 Å². The predicted octanol–water partition coefficient (Wildman–Crippen LogP) is 5.50. The summed E-state index contributed by atoms with van der Waals surface area (Å²) in [6.07, 6.45) is 1.93. The van der Waals surface area contributed by atoms with Crippen molar-refractivity contribution >= 4 is 13.7 Å². The summed E-state index contributed by atoms with van der Waals surface area (Å²) in [5, 5.41) is 2.81. The highest BCUT2D eigenvalue weighted by Gasteiger charge is 2.43. The minimum atomic E-state index is -4.00. The van der Waals surface area contributed by atoms with Crippen LogP contribution < -0.4 is 9.84 Å². The van der Waals surface area contributed by atoms with E-state index in [4.69, 9.17) is 18.3 Å². The minimum absolute atomic E-state index is 0.000577. The van der Waals surface area contributed by atoms with Crippen molar-refractivity contribution in [2.75, 3.05) is 13.3 Å². The van der Waals surface area contributed by atoms with Crippen molar-refractivity contribution in [3.63, 3.8) is 0 Å². The lowest BCUT2D eigenvalue weighted by atomic mass is 9.78. The van der Waals surface area contributed by atoms with Crippen LogP contribution in [-0.2, 0) is 40.6 Å². The number of rotatable bonds is 4. The maximum absolute atomic E-state index is 15.5. The van der Waals surface area contributed by atoms with Crippen LogP contribution in [0.5, 0.6) is 5.75 Å². The summed E-state index contributed by atoms with van der Waals surface area (Å²) in [4.78, 5) is 13.6. The molecule has 0 bridgehead atoms. The van der Waals surface area contributed by atoms with Gasteiger partial charge in [0.15, 0.2) is 0 Å². The number of nitrogens with zero attached hydrogens (tertiary/aromatic N) is 1. The van der Waals surface area contributed by atoms with Crippen molar-refractivity contribution in [2.45, 2.75) is 91.6 Å². The molecule has 10 heteroatoms. The van der Waals surface area contributed by atoms with E-state index in [1.54, 1.807) is 13.1 Å². The smallest absolute Gasteiger partial charge is 0.403 e. The maximum atomic E-state index is 15.5. The van der Waals surface area contributed by atoms with Crippen LogP contribution in [0.3, 0.4) is 0 Å². The molecule has 3 aliphatic heterocycles. The van der Waals surface area contributed by atoms with Gasteiger partial charge < -0.3 is 19.5 Å². The monoisotopic (exact) mass is 524 g/mol. The zero-order chi connectivity index (χ0) is 26.6. The van der Waals surface area contributed by atoms with Crippen molar-refractivity contribution in [1.29, 1.82) is 0 Å². The number of fused-ring (bicyclic) bond motifs is 1. The molecule has 1 saturated heterocycles. The molecule has 1 fully saturated rings. The third-order valence-corrected chi connectivity index (χ3v) is 8.26. The Bertz CT molecular complexity index is 1120. The maximum Gasteiger partial charge on any atom is 0.530 e. The number of phosphoric acid groups is 1. The van der Waals surface area contributed by atoms with Gasteiger partial charge in [-0.05, 0) is 41.7 Å². The molecule has 3 aliphatic rings. The number of nitrogens with one attached hydrogen (secondary N) is 1. The lowest BCUT2D eigenvalue weighted by Gasteiger charge is -2.34. The van der Waals surface area contributed by atoms with Gasteiger partial charge in [-0.2, -0.15) is 0 Å². The van der Waals surface area contributed by atoms with Crippen molar-refractivity contribution in [2.24, 2.45) is 5.92 Å². The van der Waals surface area contributed by atoms with Gasteiger partial charge >= 0.3 is 7.82 Å². The summed E-state index contributed by atoms with van der Waals surface area (Å²) < 4.78 is 52.2. The molecule has 1 aromatic rings. The third-order valence-electron chi connectivity index (χ3n) is 6.94. The highest BCUT2D eigenvalue weighted by atomic mass is 31.2. The lowest BCUT2D eigenvalue weighted by Crippen LogP contribution is -2.45. The van der Waals surface area contributed by atoms with Crippen molar-refractivity contribution in [3.8, 4) is 5.75 Å². The number of carbonyl (C=O) groups excluding carboxylic acids is 1. The normalized spacial score (nSPS) is 28.9. The molecule has 0 saturated carbocycles. The highest BCUT2D eigenvalue weighted by Crippen LogP contribution is 2.58. The average Bonchev–Trinajstić information content (AvgIpc) is 3.13. The lowest BCUT2D eigenvalue weighted by molar-refractivity contribution is -0.120. The fourth-order valence-electron chi connectivity index (χ4n) is 4.66. The summed E-state index contributed by atoms with van der Waals surface area (Å²) in [6, 6.07) is 1.81. The molecule has 0 aliphatic carbocycles. The van der Waals surface area contributed by atoms with Gasteiger partial charge in [0.2, 0.25) is 5.91 Å². The fourth-order valence-corrected chi connectivity index (χ4v) is 5.89. The van der Waals surface area contributed by atoms with Gasteiger partial charge in [-0.15, -0.1) is 0 Å². The molecule has 1 N–H and O–H groups in total. The molecule has 0 aromatic heterocycles. The molecular weight excluding hydrogens is 486 g/mol. The SMILES string of the molecule is CC1=CN(C2CC(C)C(COP3(=O)OCc4c(F)c(C(C)(C)C)cc(C(C)(C)C)c4O3)O2)CNC1=O. The Hall–Kier alpha value is -1.93. The molecule has 1 amide bonds. The molecule has 4 unspecified atom stereocenters. The Labute approximate surface area is 213 Å². The number of phosphoric ester groups is 1. The van der Waals surface area contributed by atoms with E-state index in [1.807, 2.05) is 59.4 Å². The van der Waals surface area contributed by atoms with E-state index in [0.717, 1.165) is 12.0 Å². The van der Waals surface area contributed by atoms with Crippen molar-refractivity contribution in [3.05, 3.63) is 40.3 Å². The zero-order valence-electron chi connectivity index (χ0n) is 22.4. The van der Waals surface area contributed by atoms with Gasteiger partial charge in [0.1, 0.15) is 17.8 Å². The standard InChI is InChI=1S/C26H38FN2O6P/c1-15-9-21(29-11-16(2)24(30)28-14-29)34-20(15)13-33-36(31)32-12-17-22(27)18(25(3,4)5)10-19(23(17)35-36)26(6,7)8/h10-11,15,20-21H,9,12-14H2,1-8H3,(H,28,30). The van der Waals surface area contributed by atoms with Gasteiger partial charge in [-0.25, -0.2) is 8.96 Å². The van der Waals surface area contributed by atoms with Crippen LogP contribution in [0.2, 0.25) is 0 Å². The van der Waals surface area contributed by atoms with E-state index < -0.39 is 19.1 Å². The van der Waals surface area contributed by atoms with E-state index in [9.17, 15) is 9.36 Å². The van der Waals surface area contributed by atoms with Crippen LogP contribution in [0.25, 0.3) is 0 Å². The number of benzene rings is 1. The first-order valence-corrected chi connectivity index (χ1v) is 13.9. The molecule has 0 spiro atoms. The Balaban J connectivity index is 1.50. The van der Waals surface area contributed by atoms with E-state index in [0.29, 0.717) is 17.8 Å². The largest absolute Gasteiger partial charge is 0.530 e. The van der Waals surface area contributed by atoms with Gasteiger partial charge in [0.25, 0.3) is 0 Å². The number of hydrogen-bond acceptors (Lipinski definition) is 7. The molecule has 0 radical (unpaired) electrons. The first kappa shape index (κ1) is 27.1. The molecule has 1 aromatic carbocycles. The van der Waals surface area contributed by atoms with Gasteiger partial charge in [-0.3, -0.25) is 13.8 Å². The Morgan fingerprint density at radius 1 is 1.19 bits per heavy atom. The Morgan fingerprint density at radius 2 is 1.86 bits per heavy atom. The van der Waals surface area contributed by atoms with E-state index in [1.165, 1.54) is 0 Å². The third kappa shape index (κ3) is 5.35. The van der Waals surface area contributed by atoms with Crippen LogP contribution in [0.15, 0.2) is 17.8 Å². The van der Waals surface area contributed by atoms with Crippen LogP contribution in [0.4, 0.5) is 4.39 Å². The van der Waals surface area contributed by atoms with Crippen LogP contribution in [0.1, 0.15) is 78.5 Å². The second-order valence-electron chi connectivity index (χ2n) is 12.0. The first-order chi connectivity index (χ1) is 16.6. The Morgan fingerprint density at radius 3 is 2.47 bits per heavy atom. The topological polar surface area (TPSA) is 86.3 Å². The molecule has 8 nitrogen and oxygen atoms in total.